The maximum Gasteiger partial charge on any atom is 0.0369 e. The summed E-state index contributed by atoms with van der Waals surface area (Å²) in [5.41, 5.74) is 9.75. The maximum atomic E-state index is 5.64. The van der Waals surface area contributed by atoms with Crippen LogP contribution in [0.5, 0.6) is 0 Å². The molecule has 0 saturated heterocycles. The maximum absolute atomic E-state index is 5.64. The van der Waals surface area contributed by atoms with Crippen LogP contribution in [-0.4, -0.2) is 19.6 Å². The summed E-state index contributed by atoms with van der Waals surface area (Å²) in [6, 6.07) is 6.81. The van der Waals surface area contributed by atoms with Crippen LogP contribution in [-0.2, 0) is 6.42 Å². The minimum atomic E-state index is 0.728. The summed E-state index contributed by atoms with van der Waals surface area (Å²) in [5.74, 6) is 0.795. The molecule has 0 radical (unpaired) electrons. The molecular weight excluding hydrogens is 232 g/mol. The van der Waals surface area contributed by atoms with E-state index in [4.69, 9.17) is 5.73 Å². The Morgan fingerprint density at radius 2 is 1.84 bits per heavy atom. The molecule has 2 nitrogen and oxygen atoms in total. The van der Waals surface area contributed by atoms with Gasteiger partial charge in [-0.05, 0) is 56.0 Å². The molecule has 0 amide bonds. The van der Waals surface area contributed by atoms with Crippen LogP contribution in [0.25, 0.3) is 0 Å². The first-order valence-electron chi connectivity index (χ1n) is 7.70. The van der Waals surface area contributed by atoms with Gasteiger partial charge in [-0.25, -0.2) is 0 Å². The first-order valence-corrected chi connectivity index (χ1v) is 7.70. The van der Waals surface area contributed by atoms with Gasteiger partial charge in [-0.15, -0.1) is 0 Å². The van der Waals surface area contributed by atoms with E-state index in [1.807, 2.05) is 0 Å². The molecule has 0 aliphatic heterocycles. The Kier molecular flexibility index (Phi) is 6.93. The van der Waals surface area contributed by atoms with Crippen LogP contribution >= 0.6 is 0 Å². The van der Waals surface area contributed by atoms with Gasteiger partial charge < -0.3 is 10.6 Å². The third kappa shape index (κ3) is 4.54. The minimum Gasteiger partial charge on any atom is -0.372 e. The second-order valence-electron chi connectivity index (χ2n) is 5.37. The van der Waals surface area contributed by atoms with Crippen molar-refractivity contribution in [2.45, 2.75) is 47.0 Å². The molecule has 0 aliphatic carbocycles. The van der Waals surface area contributed by atoms with Crippen LogP contribution in [0.2, 0.25) is 0 Å². The standard InChI is InChI=1S/C17H30N2/c1-5-15(6-2)13-19(7-3)17-9-8-16(10-11-18)14(4)12-17/h8-9,12,15H,5-7,10-11,13,18H2,1-4H3. The van der Waals surface area contributed by atoms with Gasteiger partial charge in [-0.3, -0.25) is 0 Å². The molecule has 0 spiro atoms. The van der Waals surface area contributed by atoms with Crippen molar-refractivity contribution < 1.29 is 0 Å². The van der Waals surface area contributed by atoms with Crippen molar-refractivity contribution in [1.82, 2.24) is 0 Å². The van der Waals surface area contributed by atoms with Crippen LogP contribution in [0.3, 0.4) is 0 Å². The second kappa shape index (κ2) is 8.21. The van der Waals surface area contributed by atoms with Crippen LogP contribution in [0.4, 0.5) is 5.69 Å². The van der Waals surface area contributed by atoms with Gasteiger partial charge >= 0.3 is 0 Å². The van der Waals surface area contributed by atoms with Crippen LogP contribution in [0, 0.1) is 12.8 Å². The molecule has 0 saturated carbocycles. The second-order valence-corrected chi connectivity index (χ2v) is 5.37. The first kappa shape index (κ1) is 16.0. The summed E-state index contributed by atoms with van der Waals surface area (Å²) in [4.78, 5) is 2.50. The SMILES string of the molecule is CCC(CC)CN(CC)c1ccc(CCN)c(C)c1. The summed E-state index contributed by atoms with van der Waals surface area (Å²) in [6.45, 7) is 12.0. The van der Waals surface area contributed by atoms with Crippen LogP contribution in [0.1, 0.15) is 44.7 Å². The Hall–Kier alpha value is -1.02. The highest BCUT2D eigenvalue weighted by Gasteiger charge is 2.11. The third-order valence-electron chi connectivity index (χ3n) is 4.12. The van der Waals surface area contributed by atoms with Gasteiger partial charge in [0.15, 0.2) is 0 Å². The van der Waals surface area contributed by atoms with Gasteiger partial charge in [0.2, 0.25) is 0 Å². The Labute approximate surface area is 119 Å². The van der Waals surface area contributed by atoms with Gasteiger partial charge in [-0.2, -0.15) is 0 Å². The quantitative estimate of drug-likeness (QED) is 0.773. The molecule has 0 heterocycles. The number of anilines is 1. The van der Waals surface area contributed by atoms with Crippen molar-refractivity contribution in [3.63, 3.8) is 0 Å². The number of hydrogen-bond acceptors (Lipinski definition) is 2. The van der Waals surface area contributed by atoms with E-state index in [0.717, 1.165) is 25.4 Å². The summed E-state index contributed by atoms with van der Waals surface area (Å²) >= 11 is 0. The Morgan fingerprint density at radius 3 is 2.32 bits per heavy atom. The van der Waals surface area contributed by atoms with E-state index in [2.05, 4.69) is 50.8 Å². The van der Waals surface area contributed by atoms with E-state index in [1.54, 1.807) is 0 Å². The lowest BCUT2D eigenvalue weighted by molar-refractivity contribution is 0.486. The van der Waals surface area contributed by atoms with E-state index in [-0.39, 0.29) is 0 Å². The Balaban J connectivity index is 2.83. The summed E-state index contributed by atoms with van der Waals surface area (Å²) < 4.78 is 0. The van der Waals surface area contributed by atoms with E-state index in [0.29, 0.717) is 0 Å². The molecular formula is C17H30N2. The molecule has 1 aromatic carbocycles. The molecule has 1 aromatic rings. The highest BCUT2D eigenvalue weighted by Crippen LogP contribution is 2.22. The van der Waals surface area contributed by atoms with E-state index >= 15 is 0 Å². The highest BCUT2D eigenvalue weighted by molar-refractivity contribution is 5.51. The first-order chi connectivity index (χ1) is 9.15. The number of aryl methyl sites for hydroxylation is 1. The fourth-order valence-corrected chi connectivity index (χ4v) is 2.59. The smallest absolute Gasteiger partial charge is 0.0369 e. The molecule has 1 rings (SSSR count). The fraction of sp³-hybridized carbons (Fsp3) is 0.647. The average Bonchev–Trinajstić information content (AvgIpc) is 2.43. The zero-order valence-corrected chi connectivity index (χ0v) is 13.1. The van der Waals surface area contributed by atoms with Crippen molar-refractivity contribution in [3.05, 3.63) is 29.3 Å². The summed E-state index contributed by atoms with van der Waals surface area (Å²) in [5, 5.41) is 0. The van der Waals surface area contributed by atoms with Crippen molar-refractivity contribution in [1.29, 1.82) is 0 Å². The average molecular weight is 262 g/mol. The van der Waals surface area contributed by atoms with E-state index < -0.39 is 0 Å². The van der Waals surface area contributed by atoms with Gasteiger partial charge in [0.1, 0.15) is 0 Å². The zero-order valence-electron chi connectivity index (χ0n) is 13.1. The van der Waals surface area contributed by atoms with Gasteiger partial charge in [0.25, 0.3) is 0 Å². The van der Waals surface area contributed by atoms with E-state index in [9.17, 15) is 0 Å². The Bertz CT molecular complexity index is 370. The molecule has 0 atom stereocenters. The van der Waals surface area contributed by atoms with Crippen molar-refractivity contribution >= 4 is 5.69 Å². The number of nitrogens with zero attached hydrogens (tertiary/aromatic N) is 1. The molecule has 0 aliphatic rings. The fourth-order valence-electron chi connectivity index (χ4n) is 2.59. The lowest BCUT2D eigenvalue weighted by Crippen LogP contribution is -2.29. The Morgan fingerprint density at radius 1 is 1.16 bits per heavy atom. The number of hydrogen-bond donors (Lipinski definition) is 1. The lowest BCUT2D eigenvalue weighted by atomic mass is 10.0. The normalized spacial score (nSPS) is 11.1. The highest BCUT2D eigenvalue weighted by atomic mass is 15.1. The van der Waals surface area contributed by atoms with Crippen molar-refractivity contribution in [2.24, 2.45) is 11.7 Å². The van der Waals surface area contributed by atoms with Crippen molar-refractivity contribution in [3.8, 4) is 0 Å². The predicted octanol–water partition coefficient (Wildman–Crippen LogP) is 3.76. The topological polar surface area (TPSA) is 29.3 Å². The number of nitrogens with two attached hydrogens (primary N) is 1. The summed E-state index contributed by atoms with van der Waals surface area (Å²) in [7, 11) is 0. The largest absolute Gasteiger partial charge is 0.372 e. The zero-order chi connectivity index (χ0) is 14.3. The minimum absolute atomic E-state index is 0.728. The molecule has 0 unspecified atom stereocenters. The van der Waals surface area contributed by atoms with Gasteiger partial charge in [0.05, 0.1) is 0 Å². The summed E-state index contributed by atoms with van der Waals surface area (Å²) in [6.07, 6.45) is 3.50. The lowest BCUT2D eigenvalue weighted by Gasteiger charge is -2.28. The number of rotatable bonds is 8. The third-order valence-corrected chi connectivity index (χ3v) is 4.12. The molecule has 2 heteroatoms. The van der Waals surface area contributed by atoms with Gasteiger partial charge in [-0.1, -0.05) is 32.8 Å². The number of benzene rings is 1. The monoisotopic (exact) mass is 262 g/mol. The van der Waals surface area contributed by atoms with Crippen LogP contribution in [0.15, 0.2) is 18.2 Å². The van der Waals surface area contributed by atoms with Gasteiger partial charge in [0, 0.05) is 18.8 Å². The van der Waals surface area contributed by atoms with Crippen molar-refractivity contribution in [2.75, 3.05) is 24.5 Å². The molecule has 0 bridgehead atoms. The van der Waals surface area contributed by atoms with E-state index in [1.165, 1.54) is 36.2 Å². The molecule has 0 fully saturated rings. The molecule has 108 valence electrons. The molecule has 19 heavy (non-hydrogen) atoms. The predicted molar refractivity (Wildman–Crippen MR) is 85.9 cm³/mol. The molecule has 2 N–H and O–H groups in total. The van der Waals surface area contributed by atoms with Crippen LogP contribution < -0.4 is 10.6 Å². The molecule has 0 aromatic heterocycles.